The molecule has 1 rings (SSSR count). The number of rotatable bonds is 8. The van der Waals surface area contributed by atoms with Crippen molar-refractivity contribution >= 4 is 11.8 Å². The molecule has 18 heavy (non-hydrogen) atoms. The summed E-state index contributed by atoms with van der Waals surface area (Å²) >= 11 is 0. The number of carboxylic acid groups (broad SMARTS) is 1. The smallest absolute Gasteiger partial charge is 0.335 e. The molecule has 0 aromatic carbocycles. The molecule has 1 heterocycles. The summed E-state index contributed by atoms with van der Waals surface area (Å²) in [5.41, 5.74) is 0.222. The molecule has 1 aromatic heterocycles. The Morgan fingerprint density at radius 2 is 1.94 bits per heavy atom. The van der Waals surface area contributed by atoms with Crippen LogP contribution in [0.25, 0.3) is 0 Å². The zero-order chi connectivity index (χ0) is 13.4. The van der Waals surface area contributed by atoms with Crippen molar-refractivity contribution in [2.75, 3.05) is 45.4 Å². The van der Waals surface area contributed by atoms with Crippen LogP contribution in [-0.2, 0) is 9.47 Å². The molecule has 0 atom stereocenters. The summed E-state index contributed by atoms with van der Waals surface area (Å²) in [6.45, 7) is 2.36. The summed E-state index contributed by atoms with van der Waals surface area (Å²) in [5.74, 6) is -0.346. The molecule has 100 valence electrons. The van der Waals surface area contributed by atoms with E-state index in [1.807, 2.05) is 4.90 Å². The van der Waals surface area contributed by atoms with Gasteiger partial charge >= 0.3 is 5.97 Å². The molecule has 0 saturated carbocycles. The predicted molar refractivity (Wildman–Crippen MR) is 67.2 cm³/mol. The molecule has 0 saturated heterocycles. The first-order chi connectivity index (χ1) is 8.69. The molecule has 0 aliphatic carbocycles. The Hall–Kier alpha value is -1.66. The lowest BCUT2D eigenvalue weighted by atomic mass is 10.2. The second kappa shape index (κ2) is 7.62. The quantitative estimate of drug-likeness (QED) is 0.742. The van der Waals surface area contributed by atoms with Crippen molar-refractivity contribution < 1.29 is 19.4 Å². The number of methoxy groups -OCH3 is 2. The number of carboxylic acids is 1. The van der Waals surface area contributed by atoms with Gasteiger partial charge in [0.15, 0.2) is 0 Å². The Morgan fingerprint density at radius 1 is 1.33 bits per heavy atom. The van der Waals surface area contributed by atoms with Crippen molar-refractivity contribution in [2.45, 2.75) is 0 Å². The molecule has 0 radical (unpaired) electrons. The summed E-state index contributed by atoms with van der Waals surface area (Å²) in [4.78, 5) is 17.0. The molecule has 0 aliphatic heterocycles. The summed E-state index contributed by atoms with van der Waals surface area (Å²) in [6.07, 6.45) is 1.49. The zero-order valence-corrected chi connectivity index (χ0v) is 10.6. The van der Waals surface area contributed by atoms with E-state index in [0.29, 0.717) is 32.1 Å². The van der Waals surface area contributed by atoms with Gasteiger partial charge in [0.05, 0.1) is 18.8 Å². The van der Waals surface area contributed by atoms with Crippen LogP contribution in [0.2, 0.25) is 0 Å². The average Bonchev–Trinajstić information content (AvgIpc) is 2.39. The number of aromatic carboxylic acids is 1. The van der Waals surface area contributed by atoms with Crippen LogP contribution < -0.4 is 4.90 Å². The molecule has 0 spiro atoms. The minimum atomic E-state index is -0.961. The van der Waals surface area contributed by atoms with Crippen LogP contribution >= 0.6 is 0 Å². The fourth-order valence-electron chi connectivity index (χ4n) is 1.47. The van der Waals surface area contributed by atoms with Crippen LogP contribution in [0.4, 0.5) is 5.82 Å². The highest BCUT2D eigenvalue weighted by molar-refractivity contribution is 5.88. The number of ether oxygens (including phenoxy) is 2. The topological polar surface area (TPSA) is 71.9 Å². The van der Waals surface area contributed by atoms with E-state index in [1.165, 1.54) is 12.3 Å². The largest absolute Gasteiger partial charge is 0.478 e. The van der Waals surface area contributed by atoms with Crippen LogP contribution in [0.5, 0.6) is 0 Å². The first kappa shape index (κ1) is 14.4. The number of carbonyl (C=O) groups is 1. The van der Waals surface area contributed by atoms with Crippen molar-refractivity contribution in [2.24, 2.45) is 0 Å². The van der Waals surface area contributed by atoms with Crippen LogP contribution in [0.3, 0.4) is 0 Å². The number of anilines is 1. The summed E-state index contributed by atoms with van der Waals surface area (Å²) in [6, 6.07) is 3.02. The third kappa shape index (κ3) is 4.31. The van der Waals surface area contributed by atoms with Gasteiger partial charge in [-0.3, -0.25) is 0 Å². The predicted octanol–water partition coefficient (Wildman–Crippen LogP) is 0.879. The Labute approximate surface area is 106 Å². The highest BCUT2D eigenvalue weighted by Crippen LogP contribution is 2.12. The first-order valence-electron chi connectivity index (χ1n) is 5.61. The van der Waals surface area contributed by atoms with Gasteiger partial charge in [-0.25, -0.2) is 9.78 Å². The maximum Gasteiger partial charge on any atom is 0.335 e. The van der Waals surface area contributed by atoms with Crippen LogP contribution in [-0.4, -0.2) is 56.6 Å². The lowest BCUT2D eigenvalue weighted by molar-refractivity contribution is 0.0697. The molecular weight excluding hydrogens is 236 g/mol. The second-order valence-electron chi connectivity index (χ2n) is 3.68. The SMILES string of the molecule is COCCN(CCOC)c1cc(C(=O)O)ccn1. The highest BCUT2D eigenvalue weighted by atomic mass is 16.5. The van der Waals surface area contributed by atoms with Gasteiger partial charge in [0.2, 0.25) is 0 Å². The normalized spacial score (nSPS) is 10.3. The Kier molecular flexibility index (Phi) is 6.10. The Morgan fingerprint density at radius 3 is 2.44 bits per heavy atom. The van der Waals surface area contributed by atoms with Crippen molar-refractivity contribution in [3.8, 4) is 0 Å². The average molecular weight is 254 g/mol. The van der Waals surface area contributed by atoms with E-state index in [9.17, 15) is 4.79 Å². The molecule has 0 fully saturated rings. The van der Waals surface area contributed by atoms with Crippen LogP contribution in [0.1, 0.15) is 10.4 Å². The van der Waals surface area contributed by atoms with Gasteiger partial charge in [0, 0.05) is 33.5 Å². The van der Waals surface area contributed by atoms with Gasteiger partial charge < -0.3 is 19.5 Å². The number of pyridine rings is 1. The zero-order valence-electron chi connectivity index (χ0n) is 10.6. The van der Waals surface area contributed by atoms with Gasteiger partial charge in [-0.1, -0.05) is 0 Å². The molecule has 1 N–H and O–H groups in total. The number of hydrogen-bond donors (Lipinski definition) is 1. The monoisotopic (exact) mass is 254 g/mol. The lowest BCUT2D eigenvalue weighted by Crippen LogP contribution is -2.31. The van der Waals surface area contributed by atoms with Crippen molar-refractivity contribution in [1.29, 1.82) is 0 Å². The van der Waals surface area contributed by atoms with Crippen LogP contribution in [0, 0.1) is 0 Å². The fourth-order valence-corrected chi connectivity index (χ4v) is 1.47. The Bertz CT molecular complexity index is 376. The van der Waals surface area contributed by atoms with Gasteiger partial charge in [0.1, 0.15) is 5.82 Å². The molecule has 6 heteroatoms. The van der Waals surface area contributed by atoms with Gasteiger partial charge in [0.25, 0.3) is 0 Å². The molecule has 1 aromatic rings. The van der Waals surface area contributed by atoms with Gasteiger partial charge in [-0.2, -0.15) is 0 Å². The maximum atomic E-state index is 10.9. The fraction of sp³-hybridized carbons (Fsp3) is 0.500. The van der Waals surface area contributed by atoms with E-state index in [-0.39, 0.29) is 5.56 Å². The van der Waals surface area contributed by atoms with Crippen molar-refractivity contribution in [1.82, 2.24) is 4.98 Å². The molecule has 0 amide bonds. The van der Waals surface area contributed by atoms with Gasteiger partial charge in [-0.05, 0) is 12.1 Å². The third-order valence-corrected chi connectivity index (χ3v) is 2.45. The van der Waals surface area contributed by atoms with E-state index in [0.717, 1.165) is 0 Å². The summed E-state index contributed by atoms with van der Waals surface area (Å²) in [7, 11) is 3.24. The number of nitrogens with zero attached hydrogens (tertiary/aromatic N) is 2. The van der Waals surface area contributed by atoms with Crippen molar-refractivity contribution in [3.63, 3.8) is 0 Å². The number of hydrogen-bond acceptors (Lipinski definition) is 5. The van der Waals surface area contributed by atoms with E-state index >= 15 is 0 Å². The maximum absolute atomic E-state index is 10.9. The summed E-state index contributed by atoms with van der Waals surface area (Å²) in [5, 5.41) is 8.95. The highest BCUT2D eigenvalue weighted by Gasteiger charge is 2.10. The molecular formula is C12H18N2O4. The third-order valence-electron chi connectivity index (χ3n) is 2.45. The summed E-state index contributed by atoms with van der Waals surface area (Å²) < 4.78 is 10.0. The van der Waals surface area contributed by atoms with E-state index < -0.39 is 5.97 Å². The standard InChI is InChI=1S/C12H18N2O4/c1-17-7-5-14(6-8-18-2)11-9-10(12(15)16)3-4-13-11/h3-4,9H,5-8H2,1-2H3,(H,15,16). The minimum absolute atomic E-state index is 0.222. The molecule has 0 aliphatic rings. The number of aromatic nitrogens is 1. The van der Waals surface area contributed by atoms with E-state index in [2.05, 4.69) is 4.98 Å². The minimum Gasteiger partial charge on any atom is -0.478 e. The molecule has 0 unspecified atom stereocenters. The lowest BCUT2D eigenvalue weighted by Gasteiger charge is -2.23. The van der Waals surface area contributed by atoms with E-state index in [1.54, 1.807) is 20.3 Å². The van der Waals surface area contributed by atoms with Crippen molar-refractivity contribution in [3.05, 3.63) is 23.9 Å². The van der Waals surface area contributed by atoms with Crippen LogP contribution in [0.15, 0.2) is 18.3 Å². The van der Waals surface area contributed by atoms with E-state index in [4.69, 9.17) is 14.6 Å². The first-order valence-corrected chi connectivity index (χ1v) is 5.61. The Balaban J connectivity index is 2.82. The van der Waals surface area contributed by atoms with Gasteiger partial charge in [-0.15, -0.1) is 0 Å². The molecule has 6 nitrogen and oxygen atoms in total. The molecule has 0 bridgehead atoms. The second-order valence-corrected chi connectivity index (χ2v) is 3.68.